The third-order valence-electron chi connectivity index (χ3n) is 4.19. The summed E-state index contributed by atoms with van der Waals surface area (Å²) in [6.45, 7) is 4.51. The normalized spacial score (nSPS) is 17.1. The molecule has 1 saturated heterocycles. The summed E-state index contributed by atoms with van der Waals surface area (Å²) in [5.41, 5.74) is 2.76. The summed E-state index contributed by atoms with van der Waals surface area (Å²) < 4.78 is 0. The Morgan fingerprint density at radius 3 is 2.48 bits per heavy atom. The third kappa shape index (κ3) is 4.09. The van der Waals surface area contributed by atoms with Crippen LogP contribution >= 0.6 is 11.8 Å². The molecule has 0 saturated carbocycles. The van der Waals surface area contributed by atoms with E-state index in [9.17, 15) is 14.9 Å². The second-order valence-corrected chi connectivity index (χ2v) is 6.89. The van der Waals surface area contributed by atoms with Crippen molar-refractivity contribution in [3.63, 3.8) is 0 Å². The van der Waals surface area contributed by atoms with E-state index >= 15 is 0 Å². The summed E-state index contributed by atoms with van der Waals surface area (Å²) in [5.74, 6) is -0.103. The summed E-state index contributed by atoms with van der Waals surface area (Å²) in [4.78, 5) is 30.0. The Bertz CT molecular complexity index is 936. The number of non-ortho nitro benzene ring substituents is 1. The highest BCUT2D eigenvalue weighted by molar-refractivity contribution is 8.18. The number of hydrogen-bond acceptors (Lipinski definition) is 5. The van der Waals surface area contributed by atoms with Crippen molar-refractivity contribution in [2.75, 3.05) is 6.54 Å². The smallest absolute Gasteiger partial charge is 0.269 e. The molecule has 0 spiro atoms. The number of aliphatic imine (C=N–C) groups is 1. The molecule has 3 rings (SSSR count). The molecule has 0 aliphatic carbocycles. The molecule has 1 fully saturated rings. The van der Waals surface area contributed by atoms with Crippen LogP contribution in [0.1, 0.15) is 25.0 Å². The Labute approximate surface area is 161 Å². The van der Waals surface area contributed by atoms with E-state index in [2.05, 4.69) is 6.92 Å². The van der Waals surface area contributed by atoms with Crippen LogP contribution in [0.2, 0.25) is 0 Å². The maximum Gasteiger partial charge on any atom is 0.269 e. The molecular weight excluding hydrogens is 362 g/mol. The highest BCUT2D eigenvalue weighted by Crippen LogP contribution is 2.34. The molecule has 138 valence electrons. The van der Waals surface area contributed by atoms with E-state index in [4.69, 9.17) is 4.99 Å². The van der Waals surface area contributed by atoms with Crippen LogP contribution in [0, 0.1) is 10.1 Å². The summed E-state index contributed by atoms with van der Waals surface area (Å²) in [7, 11) is 0. The van der Waals surface area contributed by atoms with Gasteiger partial charge in [0.2, 0.25) is 0 Å². The van der Waals surface area contributed by atoms with Crippen LogP contribution in [0.15, 0.2) is 58.4 Å². The molecule has 0 bridgehead atoms. The second kappa shape index (κ2) is 8.18. The maximum atomic E-state index is 12.7. The molecule has 1 aliphatic rings. The number of carbonyl (C=O) groups is 1. The van der Waals surface area contributed by atoms with Gasteiger partial charge in [-0.3, -0.25) is 19.8 Å². The first-order valence-electron chi connectivity index (χ1n) is 8.66. The van der Waals surface area contributed by atoms with E-state index in [0.717, 1.165) is 23.2 Å². The van der Waals surface area contributed by atoms with Crippen LogP contribution in [0.3, 0.4) is 0 Å². The molecule has 1 amide bonds. The van der Waals surface area contributed by atoms with Crippen molar-refractivity contribution < 1.29 is 9.72 Å². The molecule has 0 radical (unpaired) electrons. The van der Waals surface area contributed by atoms with Gasteiger partial charge in [-0.1, -0.05) is 25.1 Å². The van der Waals surface area contributed by atoms with Crippen LogP contribution < -0.4 is 0 Å². The Kier molecular flexibility index (Phi) is 5.71. The predicted octanol–water partition coefficient (Wildman–Crippen LogP) is 4.78. The van der Waals surface area contributed by atoms with E-state index in [-0.39, 0.29) is 11.6 Å². The number of para-hydroxylation sites is 1. The number of aryl methyl sites for hydroxylation is 1. The third-order valence-corrected chi connectivity index (χ3v) is 5.20. The van der Waals surface area contributed by atoms with Crippen molar-refractivity contribution in [2.45, 2.75) is 20.3 Å². The lowest BCUT2D eigenvalue weighted by Crippen LogP contribution is -2.28. The topological polar surface area (TPSA) is 75.8 Å². The lowest BCUT2D eigenvalue weighted by Gasteiger charge is -2.12. The van der Waals surface area contributed by atoms with Gasteiger partial charge < -0.3 is 0 Å². The number of likely N-dealkylation sites (N-methyl/N-ethyl adjacent to an activating group) is 1. The van der Waals surface area contributed by atoms with E-state index < -0.39 is 4.92 Å². The Morgan fingerprint density at radius 2 is 1.85 bits per heavy atom. The van der Waals surface area contributed by atoms with Crippen LogP contribution in [-0.4, -0.2) is 27.4 Å². The average molecular weight is 381 g/mol. The van der Waals surface area contributed by atoms with Crippen molar-refractivity contribution in [1.82, 2.24) is 4.90 Å². The van der Waals surface area contributed by atoms with E-state index in [1.807, 2.05) is 31.2 Å². The lowest BCUT2D eigenvalue weighted by molar-refractivity contribution is -0.384. The van der Waals surface area contributed by atoms with Gasteiger partial charge in [-0.2, -0.15) is 0 Å². The van der Waals surface area contributed by atoms with Crippen LogP contribution in [0.25, 0.3) is 6.08 Å². The standard InChI is InChI=1S/C20H19N3O3S/c1-3-15-7-5-6-8-17(15)21-20-22(4-2)19(24)18(27-20)13-14-9-11-16(12-10-14)23(25)26/h5-13H,3-4H2,1-2H3/b18-13+,21-20?. The number of hydrogen-bond donors (Lipinski definition) is 0. The Balaban J connectivity index is 1.92. The highest BCUT2D eigenvalue weighted by atomic mass is 32.2. The molecule has 0 aromatic heterocycles. The number of rotatable bonds is 5. The zero-order valence-electron chi connectivity index (χ0n) is 15.1. The molecule has 2 aromatic rings. The molecule has 1 aliphatic heterocycles. The molecule has 0 N–H and O–H groups in total. The summed E-state index contributed by atoms with van der Waals surface area (Å²) in [6.07, 6.45) is 2.61. The second-order valence-electron chi connectivity index (χ2n) is 5.89. The largest absolute Gasteiger partial charge is 0.287 e. The number of benzene rings is 2. The van der Waals surface area contributed by atoms with E-state index in [1.165, 1.54) is 23.9 Å². The van der Waals surface area contributed by atoms with Crippen LogP contribution in [-0.2, 0) is 11.2 Å². The Hall–Kier alpha value is -2.93. The molecule has 1 heterocycles. The molecule has 6 nitrogen and oxygen atoms in total. The predicted molar refractivity (Wildman–Crippen MR) is 109 cm³/mol. The zero-order valence-corrected chi connectivity index (χ0v) is 15.9. The lowest BCUT2D eigenvalue weighted by atomic mass is 10.1. The Morgan fingerprint density at radius 1 is 1.15 bits per heavy atom. The number of amidine groups is 1. The van der Waals surface area contributed by atoms with Gasteiger partial charge in [-0.25, -0.2) is 4.99 Å². The molecule has 0 unspecified atom stereocenters. The maximum absolute atomic E-state index is 12.7. The summed E-state index contributed by atoms with van der Waals surface area (Å²) in [5, 5.41) is 11.4. The van der Waals surface area contributed by atoms with Crippen molar-refractivity contribution in [3.8, 4) is 0 Å². The van der Waals surface area contributed by atoms with Gasteiger partial charge >= 0.3 is 0 Å². The average Bonchev–Trinajstić information content (AvgIpc) is 2.97. The van der Waals surface area contributed by atoms with Gasteiger partial charge in [0.25, 0.3) is 11.6 Å². The summed E-state index contributed by atoms with van der Waals surface area (Å²) in [6, 6.07) is 14.0. The van der Waals surface area contributed by atoms with Crippen LogP contribution in [0.4, 0.5) is 11.4 Å². The first-order valence-corrected chi connectivity index (χ1v) is 9.47. The zero-order chi connectivity index (χ0) is 19.4. The molecule has 2 aromatic carbocycles. The van der Waals surface area contributed by atoms with Gasteiger partial charge in [0, 0.05) is 18.7 Å². The molecule has 27 heavy (non-hydrogen) atoms. The molecule has 0 atom stereocenters. The van der Waals surface area contributed by atoms with Crippen molar-refractivity contribution in [1.29, 1.82) is 0 Å². The minimum absolute atomic E-state index is 0.0242. The number of nitro groups is 1. The molecular formula is C20H19N3O3S. The highest BCUT2D eigenvalue weighted by Gasteiger charge is 2.32. The fourth-order valence-corrected chi connectivity index (χ4v) is 3.79. The minimum Gasteiger partial charge on any atom is -0.287 e. The number of nitro benzene ring substituents is 1. The van der Waals surface area contributed by atoms with Gasteiger partial charge in [-0.05, 0) is 60.5 Å². The quantitative estimate of drug-likeness (QED) is 0.424. The molecule has 7 heteroatoms. The SMILES string of the molecule is CCc1ccccc1N=C1S/C(=C/c2ccc([N+](=O)[O-])cc2)C(=O)N1CC. The number of thioether (sulfide) groups is 1. The van der Waals surface area contributed by atoms with Gasteiger partial charge in [0.15, 0.2) is 5.17 Å². The monoisotopic (exact) mass is 381 g/mol. The number of amides is 1. The van der Waals surface area contributed by atoms with Gasteiger partial charge in [0.05, 0.1) is 15.5 Å². The fourth-order valence-electron chi connectivity index (χ4n) is 2.74. The first kappa shape index (κ1) is 18.8. The first-order chi connectivity index (χ1) is 13.0. The van der Waals surface area contributed by atoms with Gasteiger partial charge in [-0.15, -0.1) is 0 Å². The number of nitrogens with zero attached hydrogens (tertiary/aromatic N) is 3. The van der Waals surface area contributed by atoms with Crippen molar-refractivity contribution >= 4 is 40.3 Å². The fraction of sp³-hybridized carbons (Fsp3) is 0.200. The van der Waals surface area contributed by atoms with E-state index in [1.54, 1.807) is 23.1 Å². The van der Waals surface area contributed by atoms with Crippen molar-refractivity contribution in [2.24, 2.45) is 4.99 Å². The van der Waals surface area contributed by atoms with E-state index in [0.29, 0.717) is 16.6 Å². The van der Waals surface area contributed by atoms with Crippen LogP contribution in [0.5, 0.6) is 0 Å². The minimum atomic E-state index is -0.443. The number of carbonyl (C=O) groups excluding carboxylic acids is 1. The summed E-state index contributed by atoms with van der Waals surface area (Å²) >= 11 is 1.32. The van der Waals surface area contributed by atoms with Gasteiger partial charge in [0.1, 0.15) is 0 Å². The van der Waals surface area contributed by atoms with Crippen molar-refractivity contribution in [3.05, 3.63) is 74.7 Å².